The summed E-state index contributed by atoms with van der Waals surface area (Å²) in [5, 5.41) is 2.71. The average molecular weight is 498 g/mol. The molecule has 3 rings (SSSR count). The van der Waals surface area contributed by atoms with Crippen LogP contribution in [0.5, 0.6) is 5.75 Å². The van der Waals surface area contributed by atoms with Gasteiger partial charge in [0.15, 0.2) is 0 Å². The molecule has 0 bridgehead atoms. The molecule has 1 heterocycles. The second-order valence-electron chi connectivity index (χ2n) is 7.64. The fraction of sp³-hybridized carbons (Fsp3) is 0.381. The Morgan fingerprint density at radius 3 is 2.18 bits per heavy atom. The standard InChI is InChI=1S/C21H27N3O7S2/c1-15(2)22-21(25)19-14-18(8-9-20(19)30-3)32(26,27)23-16-4-6-17(7-5-16)33(28,29)24-10-12-31-13-11-24/h4-9,14-15,23H,10-13H2,1-3H3,(H,22,25). The molecule has 12 heteroatoms. The monoisotopic (exact) mass is 497 g/mol. The van der Waals surface area contributed by atoms with Crippen molar-refractivity contribution in [3.63, 3.8) is 0 Å². The minimum atomic E-state index is -4.05. The van der Waals surface area contributed by atoms with Gasteiger partial charge in [0, 0.05) is 24.8 Å². The Balaban J connectivity index is 1.82. The van der Waals surface area contributed by atoms with Crippen LogP contribution in [0.2, 0.25) is 0 Å². The average Bonchev–Trinajstić information content (AvgIpc) is 2.79. The van der Waals surface area contributed by atoms with Gasteiger partial charge < -0.3 is 14.8 Å². The Hall–Kier alpha value is -2.67. The van der Waals surface area contributed by atoms with Crippen molar-refractivity contribution < 1.29 is 31.1 Å². The lowest BCUT2D eigenvalue weighted by Crippen LogP contribution is -2.40. The highest BCUT2D eigenvalue weighted by atomic mass is 32.2. The molecule has 2 aromatic carbocycles. The molecule has 1 amide bonds. The minimum Gasteiger partial charge on any atom is -0.496 e. The summed E-state index contributed by atoms with van der Waals surface area (Å²) in [6.45, 7) is 4.76. The van der Waals surface area contributed by atoms with Crippen molar-refractivity contribution >= 4 is 31.6 Å². The highest BCUT2D eigenvalue weighted by Gasteiger charge is 2.26. The molecule has 0 atom stereocenters. The zero-order valence-electron chi connectivity index (χ0n) is 18.6. The number of ether oxygens (including phenoxy) is 2. The van der Waals surface area contributed by atoms with Crippen molar-refractivity contribution in [2.45, 2.75) is 29.7 Å². The third-order valence-electron chi connectivity index (χ3n) is 4.86. The predicted octanol–water partition coefficient (Wildman–Crippen LogP) is 1.66. The molecule has 33 heavy (non-hydrogen) atoms. The SMILES string of the molecule is COc1ccc(S(=O)(=O)Nc2ccc(S(=O)(=O)N3CCOCC3)cc2)cc1C(=O)NC(C)C. The smallest absolute Gasteiger partial charge is 0.261 e. The van der Waals surface area contributed by atoms with Crippen LogP contribution < -0.4 is 14.8 Å². The number of hydrogen-bond donors (Lipinski definition) is 2. The maximum Gasteiger partial charge on any atom is 0.261 e. The van der Waals surface area contributed by atoms with E-state index in [1.807, 2.05) is 0 Å². The van der Waals surface area contributed by atoms with Crippen LogP contribution in [0, 0.1) is 0 Å². The number of hydrogen-bond acceptors (Lipinski definition) is 7. The van der Waals surface area contributed by atoms with Crippen LogP contribution in [0.25, 0.3) is 0 Å². The van der Waals surface area contributed by atoms with Crippen LogP contribution in [-0.2, 0) is 24.8 Å². The van der Waals surface area contributed by atoms with Crippen molar-refractivity contribution in [1.29, 1.82) is 0 Å². The first-order valence-corrected chi connectivity index (χ1v) is 13.2. The Bertz CT molecular complexity index is 1200. The second-order valence-corrected chi connectivity index (χ2v) is 11.3. The summed E-state index contributed by atoms with van der Waals surface area (Å²) < 4.78 is 65.4. The largest absolute Gasteiger partial charge is 0.496 e. The maximum atomic E-state index is 12.9. The van der Waals surface area contributed by atoms with Crippen LogP contribution in [-0.4, -0.2) is 66.5 Å². The number of carbonyl (C=O) groups excluding carboxylic acids is 1. The molecule has 0 saturated carbocycles. The molecule has 0 aliphatic carbocycles. The molecule has 0 unspecified atom stereocenters. The summed E-state index contributed by atoms with van der Waals surface area (Å²) in [6.07, 6.45) is 0. The number of carbonyl (C=O) groups is 1. The van der Waals surface area contributed by atoms with Gasteiger partial charge in [-0.1, -0.05) is 0 Å². The predicted molar refractivity (Wildman–Crippen MR) is 122 cm³/mol. The molecule has 1 aliphatic heterocycles. The molecule has 180 valence electrons. The van der Waals surface area contributed by atoms with Crippen molar-refractivity contribution in [3.05, 3.63) is 48.0 Å². The summed E-state index contributed by atoms with van der Waals surface area (Å²) >= 11 is 0. The van der Waals surface area contributed by atoms with E-state index in [1.54, 1.807) is 13.8 Å². The van der Waals surface area contributed by atoms with Crippen molar-refractivity contribution in [1.82, 2.24) is 9.62 Å². The quantitative estimate of drug-likeness (QED) is 0.567. The van der Waals surface area contributed by atoms with Gasteiger partial charge >= 0.3 is 0 Å². The zero-order valence-corrected chi connectivity index (χ0v) is 20.2. The van der Waals surface area contributed by atoms with Gasteiger partial charge in [-0.25, -0.2) is 16.8 Å². The Labute approximate surface area is 194 Å². The number of anilines is 1. The summed E-state index contributed by atoms with van der Waals surface area (Å²) in [6, 6.07) is 9.26. The minimum absolute atomic E-state index is 0.0597. The van der Waals surface area contributed by atoms with E-state index in [-0.39, 0.29) is 45.9 Å². The van der Waals surface area contributed by atoms with Crippen LogP contribution in [0.4, 0.5) is 5.69 Å². The fourth-order valence-corrected chi connectivity index (χ4v) is 5.71. The molecule has 0 spiro atoms. The van der Waals surface area contributed by atoms with Crippen molar-refractivity contribution in [2.75, 3.05) is 38.1 Å². The molecule has 2 N–H and O–H groups in total. The number of nitrogens with zero attached hydrogens (tertiary/aromatic N) is 1. The summed E-state index contributed by atoms with van der Waals surface area (Å²) in [5.74, 6) is -0.221. The van der Waals surface area contributed by atoms with Gasteiger partial charge in [-0.2, -0.15) is 4.31 Å². The van der Waals surface area contributed by atoms with Crippen LogP contribution >= 0.6 is 0 Å². The first-order chi connectivity index (χ1) is 15.5. The molecular formula is C21H27N3O7S2. The molecule has 10 nitrogen and oxygen atoms in total. The van der Waals surface area contributed by atoms with Gasteiger partial charge in [0.2, 0.25) is 10.0 Å². The lowest BCUT2D eigenvalue weighted by molar-refractivity contribution is 0.0730. The number of nitrogens with one attached hydrogen (secondary N) is 2. The molecule has 1 fully saturated rings. The lowest BCUT2D eigenvalue weighted by atomic mass is 10.2. The van der Waals surface area contributed by atoms with Crippen LogP contribution in [0.3, 0.4) is 0 Å². The Morgan fingerprint density at radius 1 is 1.00 bits per heavy atom. The normalized spacial score (nSPS) is 15.3. The van der Waals surface area contributed by atoms with Gasteiger partial charge in [-0.15, -0.1) is 0 Å². The van der Waals surface area contributed by atoms with Gasteiger partial charge in [0.25, 0.3) is 15.9 Å². The first-order valence-electron chi connectivity index (χ1n) is 10.2. The van der Waals surface area contributed by atoms with E-state index < -0.39 is 26.0 Å². The van der Waals surface area contributed by atoms with Gasteiger partial charge in [-0.3, -0.25) is 9.52 Å². The van der Waals surface area contributed by atoms with E-state index in [0.717, 1.165) is 0 Å². The molecule has 0 radical (unpaired) electrons. The number of benzene rings is 2. The van der Waals surface area contributed by atoms with Crippen molar-refractivity contribution in [2.24, 2.45) is 0 Å². The van der Waals surface area contributed by atoms with Crippen LogP contribution in [0.1, 0.15) is 24.2 Å². The molecule has 0 aromatic heterocycles. The first kappa shape index (κ1) is 25.0. The number of morpholine rings is 1. The van der Waals surface area contributed by atoms with Gasteiger partial charge in [0.05, 0.1) is 35.7 Å². The zero-order chi connectivity index (χ0) is 24.2. The van der Waals surface area contributed by atoms with Gasteiger partial charge in [0.1, 0.15) is 5.75 Å². The number of methoxy groups -OCH3 is 1. The molecule has 2 aromatic rings. The van der Waals surface area contributed by atoms with E-state index >= 15 is 0 Å². The second kappa shape index (κ2) is 10.1. The maximum absolute atomic E-state index is 12.9. The number of rotatable bonds is 8. The third-order valence-corrected chi connectivity index (χ3v) is 8.15. The number of sulfonamides is 2. The fourth-order valence-electron chi connectivity index (χ4n) is 3.22. The lowest BCUT2D eigenvalue weighted by Gasteiger charge is -2.26. The molecule has 1 saturated heterocycles. The van der Waals surface area contributed by atoms with Gasteiger partial charge in [-0.05, 0) is 56.3 Å². The molecular weight excluding hydrogens is 470 g/mol. The summed E-state index contributed by atoms with van der Waals surface area (Å²) in [4.78, 5) is 12.4. The van der Waals surface area contributed by atoms with E-state index in [2.05, 4.69) is 10.0 Å². The highest BCUT2D eigenvalue weighted by Crippen LogP contribution is 2.25. The Kier molecular flexibility index (Phi) is 7.62. The van der Waals surface area contributed by atoms with E-state index in [4.69, 9.17) is 9.47 Å². The van der Waals surface area contributed by atoms with E-state index in [1.165, 1.54) is 53.9 Å². The number of amides is 1. The Morgan fingerprint density at radius 2 is 1.61 bits per heavy atom. The van der Waals surface area contributed by atoms with E-state index in [9.17, 15) is 21.6 Å². The third kappa shape index (κ3) is 5.82. The summed E-state index contributed by atoms with van der Waals surface area (Å²) in [7, 11) is -6.35. The molecule has 1 aliphatic rings. The van der Waals surface area contributed by atoms with E-state index in [0.29, 0.717) is 13.2 Å². The highest BCUT2D eigenvalue weighted by molar-refractivity contribution is 7.92. The van der Waals surface area contributed by atoms with Crippen LogP contribution in [0.15, 0.2) is 52.3 Å². The topological polar surface area (TPSA) is 131 Å². The summed E-state index contributed by atoms with van der Waals surface area (Å²) in [5.41, 5.74) is 0.265. The van der Waals surface area contributed by atoms with Crippen molar-refractivity contribution in [3.8, 4) is 5.75 Å².